The summed E-state index contributed by atoms with van der Waals surface area (Å²) >= 11 is 0. The van der Waals surface area contributed by atoms with Crippen LogP contribution in [-0.4, -0.2) is 29.6 Å². The minimum atomic E-state index is 0. The molecule has 0 aliphatic heterocycles. The Hall–Kier alpha value is -1.54. The molecule has 0 saturated carbocycles. The molecular formula is C6FeN6Na. The first kappa shape index (κ1) is 82.3. The molecule has 63 valence electrons. The molecule has 0 aromatic carbocycles. The molecule has 14 heavy (non-hydrogen) atoms. The second-order valence-electron chi connectivity index (χ2n) is 0. The molecule has 0 atom stereocenters. The molecule has 0 N–H and O–H groups in total. The van der Waals surface area contributed by atoms with Crippen LogP contribution in [0.2, 0.25) is 0 Å². The van der Waals surface area contributed by atoms with Gasteiger partial charge in [-0.25, -0.2) is 0 Å². The first-order valence-corrected chi connectivity index (χ1v) is 1.34. The van der Waals surface area contributed by atoms with Crippen LogP contribution in [0.3, 0.4) is 0 Å². The second-order valence-corrected chi connectivity index (χ2v) is 0. The monoisotopic (exact) mass is 235 g/mol. The van der Waals surface area contributed by atoms with E-state index in [1.165, 1.54) is 0 Å². The van der Waals surface area contributed by atoms with Crippen LogP contribution in [-0.2, 0) is 17.1 Å². The van der Waals surface area contributed by atoms with Gasteiger partial charge in [0.1, 0.15) is 0 Å². The summed E-state index contributed by atoms with van der Waals surface area (Å²) in [5.74, 6) is 0. The molecule has 0 aromatic rings. The Kier molecular flexibility index (Phi) is 3100. The third kappa shape index (κ3) is 394. The average molecular weight is 235 g/mol. The van der Waals surface area contributed by atoms with Gasteiger partial charge in [-0.1, -0.05) is 0 Å². The zero-order valence-corrected chi connectivity index (χ0v) is 10.1. The number of hydrogen-bond donors (Lipinski definition) is 0. The zero-order valence-electron chi connectivity index (χ0n) is 7.04. The topological polar surface area (TPSA) is 143 Å². The fourth-order valence-electron chi connectivity index (χ4n) is 0. The van der Waals surface area contributed by atoms with E-state index in [9.17, 15) is 0 Å². The maximum absolute atomic E-state index is 6.25. The molecule has 0 rings (SSSR count). The molecule has 0 saturated heterocycles. The molecule has 0 fully saturated rings. The van der Waals surface area contributed by atoms with Crippen LogP contribution in [0.5, 0.6) is 0 Å². The number of rotatable bonds is 0. The summed E-state index contributed by atoms with van der Waals surface area (Å²) in [6.45, 7) is 28.5. The molecule has 0 bridgehead atoms. The van der Waals surface area contributed by atoms with Gasteiger partial charge in [0, 0.05) is 29.6 Å². The summed E-state index contributed by atoms with van der Waals surface area (Å²) < 4.78 is 0. The van der Waals surface area contributed by atoms with Gasteiger partial charge in [-0.15, -0.1) is 0 Å². The Balaban J connectivity index is -0.00000000500. The van der Waals surface area contributed by atoms with Gasteiger partial charge < -0.3 is 71.0 Å². The van der Waals surface area contributed by atoms with E-state index in [-0.39, 0.29) is 46.6 Å². The molecule has 0 spiro atoms. The minimum Gasteiger partial charge on any atom is -0.512 e. The van der Waals surface area contributed by atoms with Crippen LogP contribution in [0.4, 0.5) is 0 Å². The Morgan fingerprint density at radius 3 is 0.357 bits per heavy atom. The Morgan fingerprint density at radius 1 is 0.357 bits per heavy atom. The Bertz CT molecular complexity index is 97.3. The van der Waals surface area contributed by atoms with Crippen molar-refractivity contribution < 1.29 is 17.1 Å². The standard InChI is InChI=1S/6CN.Fe.Na/c6*1-2;;/q6*-1;+6;. The minimum absolute atomic E-state index is 0. The molecule has 0 aliphatic rings. The van der Waals surface area contributed by atoms with Crippen molar-refractivity contribution in [1.82, 2.24) is 0 Å². The zero-order chi connectivity index (χ0) is 12.0. The van der Waals surface area contributed by atoms with Gasteiger partial charge in [-0.05, 0) is 0 Å². The molecule has 0 unspecified atom stereocenters. The van der Waals surface area contributed by atoms with Crippen molar-refractivity contribution >= 4 is 29.6 Å². The van der Waals surface area contributed by atoms with Crippen LogP contribution >= 0.6 is 0 Å². The smallest absolute Gasteiger partial charge is 0.512 e. The summed E-state index contributed by atoms with van der Waals surface area (Å²) in [7, 11) is 0. The van der Waals surface area contributed by atoms with Gasteiger partial charge in [-0.2, -0.15) is 0 Å². The van der Waals surface area contributed by atoms with Crippen molar-refractivity contribution in [1.29, 1.82) is 31.6 Å². The summed E-state index contributed by atoms with van der Waals surface area (Å²) in [5.41, 5.74) is 0. The SMILES string of the molecule is [C-]#N.[C-]#N.[C-]#N.[C-]#N.[C-]#N.[C-]#N.[Fe+6].[Na]. The summed E-state index contributed by atoms with van der Waals surface area (Å²) in [6.07, 6.45) is 0. The molecule has 0 amide bonds. The quantitative estimate of drug-likeness (QED) is 0.433. The van der Waals surface area contributed by atoms with Crippen molar-refractivity contribution in [2.75, 3.05) is 0 Å². The summed E-state index contributed by atoms with van der Waals surface area (Å²) in [5, 5.41) is 37.5. The van der Waals surface area contributed by atoms with Gasteiger partial charge in [0.15, 0.2) is 0 Å². The maximum atomic E-state index is 6.25. The molecular weight excluding hydrogens is 235 g/mol. The van der Waals surface area contributed by atoms with Gasteiger partial charge in [0.25, 0.3) is 0 Å². The van der Waals surface area contributed by atoms with Crippen molar-refractivity contribution in [2.24, 2.45) is 0 Å². The average Bonchev–Trinajstić information content (AvgIpc) is 2.33. The van der Waals surface area contributed by atoms with Crippen LogP contribution in [0.1, 0.15) is 0 Å². The molecule has 1 radical (unpaired) electrons. The van der Waals surface area contributed by atoms with E-state index in [2.05, 4.69) is 0 Å². The van der Waals surface area contributed by atoms with E-state index in [1.807, 2.05) is 0 Å². The van der Waals surface area contributed by atoms with Crippen LogP contribution in [0.15, 0.2) is 0 Å². The molecule has 6 nitrogen and oxygen atoms in total. The summed E-state index contributed by atoms with van der Waals surface area (Å²) in [6, 6.07) is 0. The van der Waals surface area contributed by atoms with Crippen LogP contribution in [0, 0.1) is 71.0 Å². The fourth-order valence-corrected chi connectivity index (χ4v) is 0. The van der Waals surface area contributed by atoms with Crippen molar-refractivity contribution in [3.05, 3.63) is 39.4 Å². The molecule has 0 aromatic heterocycles. The van der Waals surface area contributed by atoms with Gasteiger partial charge >= 0.3 is 17.1 Å². The summed E-state index contributed by atoms with van der Waals surface area (Å²) in [4.78, 5) is 0. The van der Waals surface area contributed by atoms with E-state index in [4.69, 9.17) is 71.0 Å². The van der Waals surface area contributed by atoms with Gasteiger partial charge in [-0.3, -0.25) is 0 Å². The largest absolute Gasteiger partial charge is 6.00 e. The fraction of sp³-hybridized carbons (Fsp3) is 0. The molecule has 8 heteroatoms. The van der Waals surface area contributed by atoms with Crippen LogP contribution in [0.25, 0.3) is 0 Å². The van der Waals surface area contributed by atoms with E-state index in [0.29, 0.717) is 0 Å². The molecule has 0 heterocycles. The van der Waals surface area contributed by atoms with Gasteiger partial charge in [0.2, 0.25) is 0 Å². The van der Waals surface area contributed by atoms with Crippen LogP contribution < -0.4 is 0 Å². The van der Waals surface area contributed by atoms with Crippen molar-refractivity contribution in [2.45, 2.75) is 0 Å². The molecule has 0 aliphatic carbocycles. The second kappa shape index (κ2) is 528. The number of nitrogens with zero attached hydrogens (tertiary/aromatic N) is 6. The van der Waals surface area contributed by atoms with E-state index < -0.39 is 0 Å². The van der Waals surface area contributed by atoms with E-state index in [0.717, 1.165) is 0 Å². The first-order chi connectivity index (χ1) is 6.00. The Morgan fingerprint density at radius 2 is 0.357 bits per heavy atom. The third-order valence-electron chi connectivity index (χ3n) is 0. The normalized spacial score (nSPS) is 0.857. The van der Waals surface area contributed by atoms with E-state index in [1.54, 1.807) is 0 Å². The third-order valence-corrected chi connectivity index (χ3v) is 0. The first-order valence-electron chi connectivity index (χ1n) is 1.34. The predicted octanol–water partition coefficient (Wildman–Crippen LogP) is 0.195. The maximum Gasteiger partial charge on any atom is 6.00 e. The Labute approximate surface area is 117 Å². The predicted molar refractivity (Wildman–Crippen MR) is 35.6 cm³/mol. The van der Waals surface area contributed by atoms with Gasteiger partial charge in [0.05, 0.1) is 0 Å². The van der Waals surface area contributed by atoms with E-state index >= 15 is 0 Å². The van der Waals surface area contributed by atoms with Crippen molar-refractivity contribution in [3.63, 3.8) is 0 Å². The van der Waals surface area contributed by atoms with Crippen molar-refractivity contribution in [3.8, 4) is 0 Å². The number of hydrogen-bond acceptors (Lipinski definition) is 6.